The Morgan fingerprint density at radius 2 is 1.90 bits per heavy atom. The molecule has 0 unspecified atom stereocenters. The van der Waals surface area contributed by atoms with Crippen LogP contribution in [0.4, 0.5) is 0 Å². The van der Waals surface area contributed by atoms with Crippen LogP contribution >= 0.6 is 35.0 Å². The summed E-state index contributed by atoms with van der Waals surface area (Å²) in [5, 5.41) is 21.6. The van der Waals surface area contributed by atoms with Crippen molar-refractivity contribution in [3.05, 3.63) is 63.0 Å². The number of methoxy groups -OCH3 is 1. The third-order valence-corrected chi connectivity index (χ3v) is 5.01. The number of ether oxygens (including phenoxy) is 1. The zero-order chi connectivity index (χ0) is 21.0. The van der Waals surface area contributed by atoms with Crippen molar-refractivity contribution < 1.29 is 19.4 Å². The van der Waals surface area contributed by atoms with Crippen molar-refractivity contribution in [2.75, 3.05) is 7.11 Å². The van der Waals surface area contributed by atoms with Crippen LogP contribution in [0.15, 0.2) is 57.6 Å². The second-order valence-electron chi connectivity index (χ2n) is 5.67. The number of nitrogens with one attached hydrogen (secondary N) is 1. The van der Waals surface area contributed by atoms with Crippen LogP contribution in [-0.2, 0) is 14.3 Å². The van der Waals surface area contributed by atoms with Gasteiger partial charge in [0.1, 0.15) is 5.75 Å². The lowest BCUT2D eigenvalue weighted by Gasteiger charge is -2.06. The Morgan fingerprint density at radius 1 is 1.17 bits per heavy atom. The number of phenolic OH excluding ortho intramolecular Hbond substituents is 1. The van der Waals surface area contributed by atoms with Gasteiger partial charge in [-0.25, -0.2) is 4.79 Å². The average molecular weight is 450 g/mol. The van der Waals surface area contributed by atoms with Gasteiger partial charge >= 0.3 is 5.97 Å². The van der Waals surface area contributed by atoms with E-state index >= 15 is 0 Å². The van der Waals surface area contributed by atoms with E-state index in [-0.39, 0.29) is 15.8 Å². The molecule has 1 saturated heterocycles. The molecule has 0 radical (unpaired) electrons. The van der Waals surface area contributed by atoms with Gasteiger partial charge in [-0.3, -0.25) is 10.1 Å². The fourth-order valence-corrected chi connectivity index (χ4v) is 3.60. The first-order valence-corrected chi connectivity index (χ1v) is 9.62. The summed E-state index contributed by atoms with van der Waals surface area (Å²) in [7, 11) is 1.22. The fourth-order valence-electron chi connectivity index (χ4n) is 2.34. The summed E-state index contributed by atoms with van der Waals surface area (Å²) in [5.41, 5.74) is 1.91. The number of hydrogen-bond acceptors (Lipinski definition) is 7. The highest BCUT2D eigenvalue weighted by Gasteiger charge is 2.25. The van der Waals surface area contributed by atoms with E-state index in [1.807, 2.05) is 0 Å². The summed E-state index contributed by atoms with van der Waals surface area (Å²) >= 11 is 13.0. The Bertz CT molecular complexity index is 1060. The van der Waals surface area contributed by atoms with Gasteiger partial charge in [0, 0.05) is 21.7 Å². The molecule has 0 aromatic heterocycles. The van der Waals surface area contributed by atoms with E-state index in [1.54, 1.807) is 36.4 Å². The van der Waals surface area contributed by atoms with E-state index in [4.69, 9.17) is 23.2 Å². The van der Waals surface area contributed by atoms with Crippen molar-refractivity contribution in [2.45, 2.75) is 0 Å². The van der Waals surface area contributed by atoms with E-state index in [0.29, 0.717) is 15.6 Å². The molecule has 1 amide bonds. The minimum Gasteiger partial charge on any atom is -0.507 e. The number of hydrogen-bond donors (Lipinski definition) is 2. The number of amides is 1. The molecule has 1 fully saturated rings. The maximum Gasteiger partial charge on any atom is 0.331 e. The van der Waals surface area contributed by atoms with Crippen LogP contribution in [0.25, 0.3) is 11.1 Å². The van der Waals surface area contributed by atoms with Crippen molar-refractivity contribution in [3.8, 4) is 16.9 Å². The molecule has 148 valence electrons. The van der Waals surface area contributed by atoms with Crippen LogP contribution < -0.4 is 5.32 Å². The summed E-state index contributed by atoms with van der Waals surface area (Å²) < 4.78 is 4.48. The Balaban J connectivity index is 1.75. The molecule has 3 rings (SSSR count). The Kier molecular flexibility index (Phi) is 6.58. The number of esters is 1. The molecule has 7 nitrogen and oxygen atoms in total. The summed E-state index contributed by atoms with van der Waals surface area (Å²) in [6.45, 7) is 0. The monoisotopic (exact) mass is 449 g/mol. The number of aromatic hydroxyl groups is 1. The number of phenols is 1. The van der Waals surface area contributed by atoms with Crippen LogP contribution in [0.1, 0.15) is 5.56 Å². The Morgan fingerprint density at radius 3 is 2.55 bits per heavy atom. The molecular formula is C19H13Cl2N3O4S. The molecule has 2 N–H and O–H groups in total. The molecule has 0 atom stereocenters. The molecule has 0 spiro atoms. The van der Waals surface area contributed by atoms with Crippen LogP contribution in [-0.4, -0.2) is 35.5 Å². The minimum atomic E-state index is -0.640. The third-order valence-electron chi connectivity index (χ3n) is 3.67. The molecule has 1 heterocycles. The largest absolute Gasteiger partial charge is 0.507 e. The number of benzene rings is 2. The summed E-state index contributed by atoms with van der Waals surface area (Å²) in [6.07, 6.45) is 2.41. The van der Waals surface area contributed by atoms with Gasteiger partial charge in [0.05, 0.1) is 18.2 Å². The van der Waals surface area contributed by atoms with Crippen LogP contribution in [0.5, 0.6) is 5.75 Å². The summed E-state index contributed by atoms with van der Waals surface area (Å²) in [6, 6.07) is 10.1. The van der Waals surface area contributed by atoms with Gasteiger partial charge in [0.2, 0.25) is 0 Å². The lowest BCUT2D eigenvalue weighted by molar-refractivity contribution is -0.135. The average Bonchev–Trinajstić information content (AvgIpc) is 3.01. The second kappa shape index (κ2) is 9.13. The Hall–Kier alpha value is -2.81. The molecule has 1 aliphatic rings. The van der Waals surface area contributed by atoms with E-state index in [2.05, 4.69) is 20.3 Å². The molecule has 10 heteroatoms. The predicted octanol–water partition coefficient (Wildman–Crippen LogP) is 3.98. The zero-order valence-electron chi connectivity index (χ0n) is 14.8. The quantitative estimate of drug-likeness (QED) is 0.318. The molecule has 0 aliphatic carbocycles. The van der Waals surface area contributed by atoms with Crippen LogP contribution in [0, 0.1) is 0 Å². The maximum absolute atomic E-state index is 11.7. The van der Waals surface area contributed by atoms with Crippen molar-refractivity contribution in [3.63, 3.8) is 0 Å². The highest BCUT2D eigenvalue weighted by atomic mass is 35.5. The normalized spacial score (nSPS) is 16.6. The number of thioether (sulfide) groups is 1. The molecular weight excluding hydrogens is 437 g/mol. The number of nitrogens with zero attached hydrogens (tertiary/aromatic N) is 2. The summed E-state index contributed by atoms with van der Waals surface area (Å²) in [4.78, 5) is 23.1. The predicted molar refractivity (Wildman–Crippen MR) is 114 cm³/mol. The van der Waals surface area contributed by atoms with Gasteiger partial charge < -0.3 is 9.84 Å². The molecule has 1 aliphatic heterocycles. The van der Waals surface area contributed by atoms with Crippen molar-refractivity contribution >= 4 is 58.2 Å². The molecule has 0 bridgehead atoms. The SMILES string of the molecule is COC(=O)/C=C1/S/C(=N\N=Cc2ccc(-c3cc(Cl)cc(Cl)c3)cc2O)NC1=O. The van der Waals surface area contributed by atoms with Crippen LogP contribution in [0.2, 0.25) is 10.0 Å². The molecule has 2 aromatic carbocycles. The first-order chi connectivity index (χ1) is 13.9. The molecule has 29 heavy (non-hydrogen) atoms. The molecule has 2 aromatic rings. The standard InChI is InChI=1S/C19H13Cl2N3O4S/c1-28-17(26)8-16-18(27)23-19(29-16)24-22-9-11-3-2-10(6-15(11)25)12-4-13(20)7-14(21)5-12/h2-9,25H,1H3,(H,23,24,27)/b16-8+,22-9?. The zero-order valence-corrected chi connectivity index (χ0v) is 17.2. The second-order valence-corrected chi connectivity index (χ2v) is 7.57. The topological polar surface area (TPSA) is 100 Å². The Labute approximate surface area is 180 Å². The van der Waals surface area contributed by atoms with E-state index in [0.717, 1.165) is 29.0 Å². The van der Waals surface area contributed by atoms with Gasteiger partial charge in [-0.05, 0) is 53.2 Å². The van der Waals surface area contributed by atoms with E-state index in [9.17, 15) is 14.7 Å². The van der Waals surface area contributed by atoms with Gasteiger partial charge in [0.15, 0.2) is 5.17 Å². The smallest absolute Gasteiger partial charge is 0.331 e. The van der Waals surface area contributed by atoms with Crippen molar-refractivity contribution in [1.82, 2.24) is 5.32 Å². The highest BCUT2D eigenvalue weighted by Crippen LogP contribution is 2.30. The van der Waals surface area contributed by atoms with E-state index < -0.39 is 11.9 Å². The van der Waals surface area contributed by atoms with Crippen LogP contribution in [0.3, 0.4) is 0 Å². The van der Waals surface area contributed by atoms with Crippen molar-refractivity contribution in [1.29, 1.82) is 0 Å². The number of halogens is 2. The number of rotatable bonds is 4. The van der Waals surface area contributed by atoms with Crippen molar-refractivity contribution in [2.24, 2.45) is 10.2 Å². The lowest BCUT2D eigenvalue weighted by Crippen LogP contribution is -2.19. The fraction of sp³-hybridized carbons (Fsp3) is 0.0526. The maximum atomic E-state index is 11.7. The summed E-state index contributed by atoms with van der Waals surface area (Å²) in [5.74, 6) is -1.13. The first-order valence-electron chi connectivity index (χ1n) is 8.05. The third kappa shape index (κ3) is 5.38. The number of amidine groups is 1. The highest BCUT2D eigenvalue weighted by molar-refractivity contribution is 8.18. The number of carbonyl (C=O) groups excluding carboxylic acids is 2. The van der Waals surface area contributed by atoms with Gasteiger partial charge in [-0.2, -0.15) is 5.10 Å². The van der Waals surface area contributed by atoms with Gasteiger partial charge in [0.25, 0.3) is 5.91 Å². The van der Waals surface area contributed by atoms with E-state index in [1.165, 1.54) is 13.3 Å². The van der Waals surface area contributed by atoms with Gasteiger partial charge in [-0.15, -0.1) is 5.10 Å². The minimum absolute atomic E-state index is 0.0167. The van der Waals surface area contributed by atoms with Gasteiger partial charge in [-0.1, -0.05) is 29.3 Å². The first kappa shape index (κ1) is 20.9. The number of carbonyl (C=O) groups is 2. The lowest BCUT2D eigenvalue weighted by atomic mass is 10.0. The molecule has 0 saturated carbocycles.